The summed E-state index contributed by atoms with van der Waals surface area (Å²) in [6.07, 6.45) is -0.00255. The fourth-order valence-electron chi connectivity index (χ4n) is 2.83. The van der Waals surface area contributed by atoms with E-state index in [4.69, 9.17) is 22.9 Å². The first-order valence-electron chi connectivity index (χ1n) is 11.0. The molecule has 0 aromatic heterocycles. The Balaban J connectivity index is 5.53. The highest BCUT2D eigenvalue weighted by Crippen LogP contribution is 2.06. The van der Waals surface area contributed by atoms with Crippen molar-refractivity contribution >= 4 is 35.5 Å². The maximum absolute atomic E-state index is 12.9. The molecule has 34 heavy (non-hydrogen) atoms. The molecule has 0 aromatic rings. The van der Waals surface area contributed by atoms with Crippen molar-refractivity contribution in [2.45, 2.75) is 76.5 Å². The lowest BCUT2D eigenvalue weighted by atomic mass is 10.0. The third-order valence-corrected chi connectivity index (χ3v) is 4.93. The monoisotopic (exact) mass is 487 g/mol. The van der Waals surface area contributed by atoms with Gasteiger partial charge in [0.25, 0.3) is 0 Å². The second kappa shape index (κ2) is 15.6. The second-order valence-electron chi connectivity index (χ2n) is 8.25. The van der Waals surface area contributed by atoms with E-state index in [1.165, 1.54) is 0 Å². The summed E-state index contributed by atoms with van der Waals surface area (Å²) >= 11 is 0. The lowest BCUT2D eigenvalue weighted by molar-refractivity contribution is -0.142. The zero-order chi connectivity index (χ0) is 26.4. The van der Waals surface area contributed by atoms with Gasteiger partial charge >= 0.3 is 5.97 Å². The lowest BCUT2D eigenvalue weighted by Crippen LogP contribution is -2.58. The highest BCUT2D eigenvalue weighted by molar-refractivity contribution is 5.96. The Morgan fingerprint density at radius 2 is 1.29 bits per heavy atom. The minimum atomic E-state index is -1.52. The number of nitrogens with one attached hydrogen (secondary N) is 3. The van der Waals surface area contributed by atoms with Crippen LogP contribution in [0.25, 0.3) is 0 Å². The average Bonchev–Trinajstić information content (AvgIpc) is 2.73. The van der Waals surface area contributed by atoms with Crippen LogP contribution in [0.4, 0.5) is 0 Å². The average molecular weight is 488 g/mol. The van der Waals surface area contributed by atoms with Gasteiger partial charge in [-0.2, -0.15) is 0 Å². The molecule has 4 atom stereocenters. The minimum Gasteiger partial charge on any atom is -0.480 e. The maximum atomic E-state index is 12.9. The molecule has 0 saturated heterocycles. The zero-order valence-corrected chi connectivity index (χ0v) is 19.5. The number of hydrogen-bond donors (Lipinski definition) is 8. The summed E-state index contributed by atoms with van der Waals surface area (Å²) in [5, 5.41) is 16.3. The molecule has 12 N–H and O–H groups in total. The van der Waals surface area contributed by atoms with Crippen LogP contribution >= 0.6 is 0 Å². The standard InChI is InChI=1S/C20H37N7O7/c1-10(2)16(24)19(32)25-11(5-3-4-8-21)17(30)27-13(9-15(23)29)18(31)26-12(20(33)34)6-7-14(22)28/h10-13,16H,3-9,21,24H2,1-2H3,(H2,22,28)(H2,23,29)(H,25,32)(H,26,31)(H,27,30)(H,33,34). The van der Waals surface area contributed by atoms with Crippen LogP contribution in [0.1, 0.15) is 52.4 Å². The molecule has 0 radical (unpaired) electrons. The van der Waals surface area contributed by atoms with Crippen LogP contribution < -0.4 is 38.9 Å². The van der Waals surface area contributed by atoms with Gasteiger partial charge in [-0.15, -0.1) is 0 Å². The predicted molar refractivity (Wildman–Crippen MR) is 121 cm³/mol. The van der Waals surface area contributed by atoms with Gasteiger partial charge in [0.05, 0.1) is 12.5 Å². The Kier molecular flexibility index (Phi) is 14.1. The van der Waals surface area contributed by atoms with Crippen LogP contribution in [0.3, 0.4) is 0 Å². The molecule has 0 aromatic carbocycles. The Morgan fingerprint density at radius 1 is 0.765 bits per heavy atom. The van der Waals surface area contributed by atoms with E-state index in [0.717, 1.165) is 0 Å². The molecule has 0 aliphatic rings. The minimum absolute atomic E-state index is 0.181. The molecule has 194 valence electrons. The van der Waals surface area contributed by atoms with Gasteiger partial charge < -0.3 is 44.0 Å². The van der Waals surface area contributed by atoms with E-state index in [-0.39, 0.29) is 25.2 Å². The second-order valence-corrected chi connectivity index (χ2v) is 8.25. The van der Waals surface area contributed by atoms with E-state index in [1.54, 1.807) is 13.8 Å². The predicted octanol–water partition coefficient (Wildman–Crippen LogP) is -3.22. The van der Waals surface area contributed by atoms with E-state index in [2.05, 4.69) is 16.0 Å². The van der Waals surface area contributed by atoms with E-state index in [9.17, 15) is 33.9 Å². The first-order chi connectivity index (χ1) is 15.8. The van der Waals surface area contributed by atoms with E-state index in [1.807, 2.05) is 0 Å². The molecular formula is C20H37N7O7. The molecule has 0 rings (SSSR count). The van der Waals surface area contributed by atoms with Crippen molar-refractivity contribution in [2.75, 3.05) is 6.54 Å². The molecular weight excluding hydrogens is 450 g/mol. The summed E-state index contributed by atoms with van der Waals surface area (Å²) in [5.41, 5.74) is 21.5. The summed E-state index contributed by atoms with van der Waals surface area (Å²) in [5.74, 6) is -5.70. The highest BCUT2D eigenvalue weighted by atomic mass is 16.4. The molecule has 5 amide bonds. The third kappa shape index (κ3) is 12.1. The molecule has 0 aliphatic carbocycles. The number of carboxylic acid groups (broad SMARTS) is 1. The van der Waals surface area contributed by atoms with Crippen molar-refractivity contribution < 1.29 is 33.9 Å². The number of carbonyl (C=O) groups is 6. The van der Waals surface area contributed by atoms with E-state index < -0.39 is 66.1 Å². The van der Waals surface area contributed by atoms with Crippen LogP contribution in [-0.2, 0) is 28.8 Å². The fraction of sp³-hybridized carbons (Fsp3) is 0.700. The summed E-state index contributed by atoms with van der Waals surface area (Å²) in [7, 11) is 0. The molecule has 14 heteroatoms. The maximum Gasteiger partial charge on any atom is 0.326 e. The van der Waals surface area contributed by atoms with Crippen molar-refractivity contribution in [2.24, 2.45) is 28.9 Å². The molecule has 14 nitrogen and oxygen atoms in total. The number of rotatable bonds is 17. The van der Waals surface area contributed by atoms with Crippen molar-refractivity contribution in [3.05, 3.63) is 0 Å². The van der Waals surface area contributed by atoms with Crippen LogP contribution in [0.15, 0.2) is 0 Å². The number of hydrogen-bond acceptors (Lipinski definition) is 8. The molecule has 4 unspecified atom stereocenters. The summed E-state index contributed by atoms with van der Waals surface area (Å²) in [6, 6.07) is -4.97. The molecule has 0 fully saturated rings. The van der Waals surface area contributed by atoms with E-state index in [0.29, 0.717) is 19.4 Å². The summed E-state index contributed by atoms with van der Waals surface area (Å²) in [4.78, 5) is 71.7. The Morgan fingerprint density at radius 3 is 1.76 bits per heavy atom. The van der Waals surface area contributed by atoms with E-state index >= 15 is 0 Å². The smallest absolute Gasteiger partial charge is 0.326 e. The van der Waals surface area contributed by atoms with Crippen molar-refractivity contribution in [1.29, 1.82) is 0 Å². The fourth-order valence-corrected chi connectivity index (χ4v) is 2.83. The quantitative estimate of drug-likeness (QED) is 0.0957. The van der Waals surface area contributed by atoms with Gasteiger partial charge in [0.15, 0.2) is 0 Å². The number of aliphatic carboxylic acids is 1. The third-order valence-electron chi connectivity index (χ3n) is 4.93. The first-order valence-corrected chi connectivity index (χ1v) is 11.0. The zero-order valence-electron chi connectivity index (χ0n) is 19.5. The van der Waals surface area contributed by atoms with Crippen LogP contribution in [-0.4, -0.2) is 71.3 Å². The van der Waals surface area contributed by atoms with Crippen molar-refractivity contribution in [3.63, 3.8) is 0 Å². The molecule has 0 aliphatic heterocycles. The lowest BCUT2D eigenvalue weighted by Gasteiger charge is -2.25. The Bertz CT molecular complexity index is 745. The van der Waals surface area contributed by atoms with Gasteiger partial charge in [0.2, 0.25) is 29.5 Å². The Hall–Kier alpha value is -3.26. The molecule has 0 heterocycles. The molecule has 0 spiro atoms. The van der Waals surface area contributed by atoms with Gasteiger partial charge in [-0.25, -0.2) is 4.79 Å². The number of carboxylic acids is 1. The summed E-state index contributed by atoms with van der Waals surface area (Å²) in [6.45, 7) is 3.83. The van der Waals surface area contributed by atoms with Gasteiger partial charge in [-0.3, -0.25) is 24.0 Å². The van der Waals surface area contributed by atoms with Crippen LogP contribution in [0.5, 0.6) is 0 Å². The van der Waals surface area contributed by atoms with Gasteiger partial charge in [0.1, 0.15) is 18.1 Å². The van der Waals surface area contributed by atoms with Gasteiger partial charge in [0, 0.05) is 6.42 Å². The highest BCUT2D eigenvalue weighted by Gasteiger charge is 2.31. The topological polar surface area (TPSA) is 263 Å². The van der Waals surface area contributed by atoms with Crippen LogP contribution in [0.2, 0.25) is 0 Å². The Labute approximate surface area is 197 Å². The van der Waals surface area contributed by atoms with Gasteiger partial charge in [-0.05, 0) is 38.1 Å². The first kappa shape index (κ1) is 30.7. The number of carbonyl (C=O) groups excluding carboxylic acids is 5. The number of amides is 5. The largest absolute Gasteiger partial charge is 0.480 e. The van der Waals surface area contributed by atoms with Gasteiger partial charge in [-0.1, -0.05) is 13.8 Å². The van der Waals surface area contributed by atoms with Crippen LogP contribution in [0, 0.1) is 5.92 Å². The summed E-state index contributed by atoms with van der Waals surface area (Å²) < 4.78 is 0. The molecule has 0 bridgehead atoms. The van der Waals surface area contributed by atoms with Crippen molar-refractivity contribution in [3.8, 4) is 0 Å². The number of primary amides is 2. The number of unbranched alkanes of at least 4 members (excludes halogenated alkanes) is 1. The normalized spacial score (nSPS) is 14.4. The van der Waals surface area contributed by atoms with Crippen molar-refractivity contribution in [1.82, 2.24) is 16.0 Å². The SMILES string of the molecule is CC(C)C(N)C(=O)NC(CCCCN)C(=O)NC(CC(N)=O)C(=O)NC(CCC(N)=O)C(=O)O. The number of nitrogens with two attached hydrogens (primary N) is 4. The molecule has 0 saturated carbocycles.